The van der Waals surface area contributed by atoms with Gasteiger partial charge in [0.1, 0.15) is 12.1 Å². The number of nitrogens with zero attached hydrogens (tertiary/aromatic N) is 4. The summed E-state index contributed by atoms with van der Waals surface area (Å²) in [6, 6.07) is 0.391. The van der Waals surface area contributed by atoms with Crippen molar-refractivity contribution in [2.45, 2.75) is 40.3 Å². The lowest BCUT2D eigenvalue weighted by Crippen LogP contribution is -2.05. The molecule has 2 heterocycles. The Hall–Kier alpha value is -1.91. The standard InChI is InChI=1S/C13H19N5/c1-9(2)18-7-12(6-17-18)5-14-13-10(3)11(4)15-8-16-13/h6-9H,5H2,1-4H3,(H,14,15,16). The third-order valence-electron chi connectivity index (χ3n) is 2.98. The minimum Gasteiger partial charge on any atom is -0.366 e. The topological polar surface area (TPSA) is 55.6 Å². The zero-order valence-corrected chi connectivity index (χ0v) is 11.3. The summed E-state index contributed by atoms with van der Waals surface area (Å²) in [5.74, 6) is 0.889. The number of rotatable bonds is 4. The third-order valence-corrected chi connectivity index (χ3v) is 2.98. The van der Waals surface area contributed by atoms with E-state index in [1.807, 2.05) is 24.7 Å². The molecule has 0 aliphatic rings. The quantitative estimate of drug-likeness (QED) is 0.899. The van der Waals surface area contributed by atoms with E-state index in [0.717, 1.165) is 29.2 Å². The van der Waals surface area contributed by atoms with E-state index in [-0.39, 0.29) is 0 Å². The fourth-order valence-electron chi connectivity index (χ4n) is 1.65. The first kappa shape index (κ1) is 12.5. The molecule has 2 rings (SSSR count). The van der Waals surface area contributed by atoms with Crippen LogP contribution in [0.3, 0.4) is 0 Å². The van der Waals surface area contributed by atoms with Crippen LogP contribution < -0.4 is 5.32 Å². The summed E-state index contributed by atoms with van der Waals surface area (Å²) >= 11 is 0. The van der Waals surface area contributed by atoms with Crippen molar-refractivity contribution in [3.8, 4) is 0 Å². The average molecular weight is 245 g/mol. The molecule has 0 atom stereocenters. The molecule has 2 aromatic heterocycles. The molecule has 2 aromatic rings. The van der Waals surface area contributed by atoms with Crippen molar-refractivity contribution in [1.29, 1.82) is 0 Å². The minimum absolute atomic E-state index is 0.391. The summed E-state index contributed by atoms with van der Waals surface area (Å²) in [6.45, 7) is 8.96. The lowest BCUT2D eigenvalue weighted by molar-refractivity contribution is 0.532. The molecule has 18 heavy (non-hydrogen) atoms. The SMILES string of the molecule is Cc1ncnc(NCc2cnn(C(C)C)c2)c1C. The number of aromatic nitrogens is 4. The van der Waals surface area contributed by atoms with E-state index < -0.39 is 0 Å². The first-order valence-electron chi connectivity index (χ1n) is 6.13. The van der Waals surface area contributed by atoms with Gasteiger partial charge in [-0.1, -0.05) is 0 Å². The average Bonchev–Trinajstić information content (AvgIpc) is 2.80. The van der Waals surface area contributed by atoms with Crippen LogP contribution in [0.2, 0.25) is 0 Å². The van der Waals surface area contributed by atoms with E-state index in [1.54, 1.807) is 6.33 Å². The Morgan fingerprint density at radius 2 is 2.06 bits per heavy atom. The molecule has 0 fully saturated rings. The van der Waals surface area contributed by atoms with Crippen molar-refractivity contribution in [3.05, 3.63) is 35.5 Å². The molecular formula is C13H19N5. The van der Waals surface area contributed by atoms with Gasteiger partial charge in [-0.15, -0.1) is 0 Å². The molecule has 0 amide bonds. The number of nitrogens with one attached hydrogen (secondary N) is 1. The van der Waals surface area contributed by atoms with Crippen molar-refractivity contribution >= 4 is 5.82 Å². The van der Waals surface area contributed by atoms with Crippen LogP contribution in [0.25, 0.3) is 0 Å². The number of aryl methyl sites for hydroxylation is 1. The molecule has 5 heteroatoms. The van der Waals surface area contributed by atoms with Gasteiger partial charge < -0.3 is 5.32 Å². The van der Waals surface area contributed by atoms with Gasteiger partial charge in [0.25, 0.3) is 0 Å². The van der Waals surface area contributed by atoms with Gasteiger partial charge in [0, 0.05) is 35.6 Å². The zero-order valence-electron chi connectivity index (χ0n) is 11.3. The summed E-state index contributed by atoms with van der Waals surface area (Å²) in [4.78, 5) is 8.40. The van der Waals surface area contributed by atoms with Gasteiger partial charge in [0.2, 0.25) is 0 Å². The molecular weight excluding hydrogens is 226 g/mol. The highest BCUT2D eigenvalue weighted by molar-refractivity contribution is 5.44. The molecule has 0 aliphatic heterocycles. The van der Waals surface area contributed by atoms with Gasteiger partial charge in [-0.25, -0.2) is 9.97 Å². The van der Waals surface area contributed by atoms with Gasteiger partial charge in [0.05, 0.1) is 6.20 Å². The predicted octanol–water partition coefficient (Wildman–Crippen LogP) is 2.48. The van der Waals surface area contributed by atoms with Crippen LogP contribution >= 0.6 is 0 Å². The third kappa shape index (κ3) is 2.67. The molecule has 1 N–H and O–H groups in total. The molecule has 0 saturated heterocycles. The van der Waals surface area contributed by atoms with Gasteiger partial charge in [-0.05, 0) is 27.7 Å². The highest BCUT2D eigenvalue weighted by Crippen LogP contribution is 2.14. The van der Waals surface area contributed by atoms with E-state index in [9.17, 15) is 0 Å². The van der Waals surface area contributed by atoms with E-state index in [0.29, 0.717) is 6.04 Å². The fraction of sp³-hybridized carbons (Fsp3) is 0.462. The maximum atomic E-state index is 4.31. The second-order valence-corrected chi connectivity index (χ2v) is 4.71. The number of hydrogen-bond donors (Lipinski definition) is 1. The summed E-state index contributed by atoms with van der Waals surface area (Å²) in [6.07, 6.45) is 5.53. The molecule has 0 unspecified atom stereocenters. The van der Waals surface area contributed by atoms with E-state index in [2.05, 4.69) is 40.4 Å². The number of anilines is 1. The van der Waals surface area contributed by atoms with Crippen LogP contribution in [0.15, 0.2) is 18.7 Å². The predicted molar refractivity (Wildman–Crippen MR) is 71.4 cm³/mol. The minimum atomic E-state index is 0.391. The van der Waals surface area contributed by atoms with Crippen LogP contribution in [0, 0.1) is 13.8 Å². The van der Waals surface area contributed by atoms with E-state index in [1.165, 1.54) is 0 Å². The second kappa shape index (κ2) is 5.16. The summed E-state index contributed by atoms with van der Waals surface area (Å²) in [5, 5.41) is 7.63. The molecule has 0 saturated carbocycles. The smallest absolute Gasteiger partial charge is 0.132 e. The lowest BCUT2D eigenvalue weighted by Gasteiger charge is -2.08. The Bertz CT molecular complexity index is 530. The molecule has 5 nitrogen and oxygen atoms in total. The van der Waals surface area contributed by atoms with Gasteiger partial charge >= 0.3 is 0 Å². The molecule has 0 spiro atoms. The van der Waals surface area contributed by atoms with Crippen LogP contribution in [0.5, 0.6) is 0 Å². The highest BCUT2D eigenvalue weighted by atomic mass is 15.3. The van der Waals surface area contributed by atoms with Crippen molar-refractivity contribution in [2.75, 3.05) is 5.32 Å². The Labute approximate surface area is 107 Å². The van der Waals surface area contributed by atoms with Crippen LogP contribution in [-0.4, -0.2) is 19.7 Å². The van der Waals surface area contributed by atoms with Crippen molar-refractivity contribution in [2.24, 2.45) is 0 Å². The van der Waals surface area contributed by atoms with E-state index in [4.69, 9.17) is 0 Å². The first-order valence-corrected chi connectivity index (χ1v) is 6.13. The molecule has 96 valence electrons. The zero-order chi connectivity index (χ0) is 13.1. The Balaban J connectivity index is 2.04. The van der Waals surface area contributed by atoms with Crippen LogP contribution in [0.4, 0.5) is 5.82 Å². The van der Waals surface area contributed by atoms with Gasteiger partial charge in [-0.2, -0.15) is 5.10 Å². The number of hydrogen-bond acceptors (Lipinski definition) is 4. The molecule has 0 radical (unpaired) electrons. The summed E-state index contributed by atoms with van der Waals surface area (Å²) < 4.78 is 1.95. The van der Waals surface area contributed by atoms with Crippen molar-refractivity contribution < 1.29 is 0 Å². The Morgan fingerprint density at radius 3 is 2.72 bits per heavy atom. The highest BCUT2D eigenvalue weighted by Gasteiger charge is 2.05. The van der Waals surface area contributed by atoms with Gasteiger partial charge in [0.15, 0.2) is 0 Å². The van der Waals surface area contributed by atoms with Crippen molar-refractivity contribution in [3.63, 3.8) is 0 Å². The summed E-state index contributed by atoms with van der Waals surface area (Å²) in [5.41, 5.74) is 3.25. The fourth-order valence-corrected chi connectivity index (χ4v) is 1.65. The summed E-state index contributed by atoms with van der Waals surface area (Å²) in [7, 11) is 0. The lowest BCUT2D eigenvalue weighted by atomic mass is 10.2. The van der Waals surface area contributed by atoms with E-state index >= 15 is 0 Å². The van der Waals surface area contributed by atoms with Crippen molar-refractivity contribution in [1.82, 2.24) is 19.7 Å². The maximum Gasteiger partial charge on any atom is 0.132 e. The molecule has 0 aromatic carbocycles. The van der Waals surface area contributed by atoms with Crippen LogP contribution in [-0.2, 0) is 6.54 Å². The van der Waals surface area contributed by atoms with Gasteiger partial charge in [-0.3, -0.25) is 4.68 Å². The molecule has 0 bridgehead atoms. The Kier molecular flexibility index (Phi) is 3.60. The second-order valence-electron chi connectivity index (χ2n) is 4.71. The normalized spacial score (nSPS) is 10.9. The molecule has 0 aliphatic carbocycles. The first-order chi connectivity index (χ1) is 8.58. The largest absolute Gasteiger partial charge is 0.366 e. The maximum absolute atomic E-state index is 4.31. The monoisotopic (exact) mass is 245 g/mol. The van der Waals surface area contributed by atoms with Crippen LogP contribution in [0.1, 0.15) is 36.7 Å². The Morgan fingerprint density at radius 1 is 1.28 bits per heavy atom.